The second-order valence-electron chi connectivity index (χ2n) is 6.79. The first kappa shape index (κ1) is 22.1. The van der Waals surface area contributed by atoms with Crippen molar-refractivity contribution in [2.24, 2.45) is 5.73 Å². The van der Waals surface area contributed by atoms with Gasteiger partial charge in [-0.1, -0.05) is 12.1 Å². The molecule has 0 spiro atoms. The summed E-state index contributed by atoms with van der Waals surface area (Å²) in [6.45, 7) is 1.93. The van der Waals surface area contributed by atoms with Crippen molar-refractivity contribution in [2.45, 2.75) is 11.8 Å². The van der Waals surface area contributed by atoms with E-state index < -0.39 is 26.6 Å². The highest BCUT2D eigenvalue weighted by Crippen LogP contribution is 2.35. The molecule has 0 atom stereocenters. The molecule has 0 saturated heterocycles. The molecule has 0 aliphatic heterocycles. The molecule has 2 heterocycles. The lowest BCUT2D eigenvalue weighted by Crippen LogP contribution is -2.14. The van der Waals surface area contributed by atoms with E-state index in [1.807, 2.05) is 18.4 Å². The predicted octanol–water partition coefficient (Wildman–Crippen LogP) is 5.21. The molecule has 0 aliphatic carbocycles. The van der Waals surface area contributed by atoms with Gasteiger partial charge in [-0.05, 0) is 37.3 Å². The van der Waals surface area contributed by atoms with Gasteiger partial charge in [0.1, 0.15) is 27.4 Å². The fourth-order valence-electron chi connectivity index (χ4n) is 3.00. The first-order valence-corrected chi connectivity index (χ1v) is 12.3. The molecule has 6 nitrogen and oxygen atoms in total. The lowest BCUT2D eigenvalue weighted by atomic mass is 10.1. The number of benzene rings is 2. The minimum atomic E-state index is -4.25. The molecular formula is C21H16F2N4O2S3. The Morgan fingerprint density at radius 2 is 1.94 bits per heavy atom. The van der Waals surface area contributed by atoms with E-state index >= 15 is 0 Å². The van der Waals surface area contributed by atoms with E-state index in [1.165, 1.54) is 28.7 Å². The smallest absolute Gasteiger partial charge is 0.264 e. The molecule has 2 aromatic carbocycles. The number of anilines is 1. The van der Waals surface area contributed by atoms with Crippen molar-refractivity contribution in [3.63, 3.8) is 0 Å². The number of aromatic nitrogens is 1. The number of thiophene rings is 1. The zero-order valence-corrected chi connectivity index (χ0v) is 19.0. The minimum absolute atomic E-state index is 0.00120. The summed E-state index contributed by atoms with van der Waals surface area (Å²) < 4.78 is 54.5. The molecular weight excluding hydrogens is 474 g/mol. The highest BCUT2D eigenvalue weighted by atomic mass is 32.2. The van der Waals surface area contributed by atoms with Crippen molar-refractivity contribution < 1.29 is 17.2 Å². The van der Waals surface area contributed by atoms with E-state index in [-0.39, 0.29) is 11.5 Å². The number of hydrogen-bond donors (Lipinski definition) is 3. The summed E-state index contributed by atoms with van der Waals surface area (Å²) in [4.78, 5) is 5.65. The van der Waals surface area contributed by atoms with Gasteiger partial charge >= 0.3 is 0 Å². The molecule has 4 N–H and O–H groups in total. The summed E-state index contributed by atoms with van der Waals surface area (Å²) in [5, 5.41) is 10.2. The van der Waals surface area contributed by atoms with Crippen molar-refractivity contribution in [1.82, 2.24) is 4.98 Å². The van der Waals surface area contributed by atoms with Crippen LogP contribution in [0.2, 0.25) is 0 Å². The Labute approximate surface area is 190 Å². The van der Waals surface area contributed by atoms with Crippen LogP contribution in [0.5, 0.6) is 0 Å². The van der Waals surface area contributed by atoms with E-state index in [0.29, 0.717) is 22.2 Å². The van der Waals surface area contributed by atoms with Crippen LogP contribution in [0.15, 0.2) is 58.8 Å². The molecule has 164 valence electrons. The van der Waals surface area contributed by atoms with Crippen molar-refractivity contribution in [3.8, 4) is 21.8 Å². The zero-order valence-electron chi connectivity index (χ0n) is 16.5. The van der Waals surface area contributed by atoms with Gasteiger partial charge in [0.2, 0.25) is 0 Å². The Bertz CT molecular complexity index is 1450. The Balaban J connectivity index is 1.62. The number of thiazole rings is 1. The van der Waals surface area contributed by atoms with Crippen LogP contribution in [-0.4, -0.2) is 19.2 Å². The van der Waals surface area contributed by atoms with Crippen molar-refractivity contribution >= 4 is 44.2 Å². The Morgan fingerprint density at radius 3 is 2.62 bits per heavy atom. The first-order valence-electron chi connectivity index (χ1n) is 9.13. The largest absolute Gasteiger partial charge is 0.383 e. The summed E-state index contributed by atoms with van der Waals surface area (Å²) in [6, 6.07) is 10.6. The van der Waals surface area contributed by atoms with Gasteiger partial charge in [0.05, 0.1) is 10.6 Å². The Kier molecular flexibility index (Phi) is 5.80. The molecule has 0 aliphatic rings. The van der Waals surface area contributed by atoms with E-state index in [0.717, 1.165) is 27.6 Å². The quantitative estimate of drug-likeness (QED) is 0.255. The second-order valence-corrected chi connectivity index (χ2v) is 10.6. The van der Waals surface area contributed by atoms with E-state index in [9.17, 15) is 17.2 Å². The maximum atomic E-state index is 14.0. The molecule has 0 bridgehead atoms. The number of amidine groups is 1. The van der Waals surface area contributed by atoms with E-state index in [1.54, 1.807) is 18.2 Å². The zero-order chi connectivity index (χ0) is 23.0. The number of sulfonamides is 1. The molecule has 0 amide bonds. The molecule has 32 heavy (non-hydrogen) atoms. The van der Waals surface area contributed by atoms with Crippen molar-refractivity contribution in [2.75, 3.05) is 4.72 Å². The maximum absolute atomic E-state index is 14.0. The van der Waals surface area contributed by atoms with Crippen LogP contribution in [0.3, 0.4) is 0 Å². The Hall–Kier alpha value is -3.15. The maximum Gasteiger partial charge on any atom is 0.264 e. The molecule has 0 unspecified atom stereocenters. The summed E-state index contributed by atoms with van der Waals surface area (Å²) >= 11 is 2.83. The number of nitrogens with zero attached hydrogens (tertiary/aromatic N) is 1. The molecule has 4 rings (SSSR count). The van der Waals surface area contributed by atoms with Crippen LogP contribution >= 0.6 is 22.7 Å². The molecule has 4 aromatic rings. The molecule has 0 radical (unpaired) electrons. The standard InChI is InChI=1S/C21H16F2N4O2S3/c1-11-15(9-18(31-11)20(24)25)21-26-17(10-30-21)12-3-2-4-14(7-12)27-32(28,29)19-6-5-13(22)8-16(19)23/h2-10,27H,1H3,(H3,24,25). The van der Waals surface area contributed by atoms with E-state index in [2.05, 4.69) is 9.71 Å². The fraction of sp³-hybridized carbons (Fsp3) is 0.0476. The summed E-state index contributed by atoms with van der Waals surface area (Å²) in [5.41, 5.74) is 7.97. The van der Waals surface area contributed by atoms with Gasteiger partial charge in [-0.25, -0.2) is 22.2 Å². The van der Waals surface area contributed by atoms with Crippen LogP contribution in [0.1, 0.15) is 9.75 Å². The number of halogens is 2. The van der Waals surface area contributed by atoms with Gasteiger partial charge in [0.15, 0.2) is 0 Å². The number of nitrogens with two attached hydrogens (primary N) is 1. The normalized spacial score (nSPS) is 11.5. The summed E-state index contributed by atoms with van der Waals surface area (Å²) in [5.74, 6) is -2.04. The van der Waals surface area contributed by atoms with Gasteiger partial charge in [-0.2, -0.15) is 0 Å². The lowest BCUT2D eigenvalue weighted by Gasteiger charge is -2.10. The SMILES string of the molecule is Cc1sc(C(=N)N)cc1-c1nc(-c2cccc(NS(=O)(=O)c3ccc(F)cc3F)c2)cs1. The minimum Gasteiger partial charge on any atom is -0.383 e. The highest BCUT2D eigenvalue weighted by molar-refractivity contribution is 7.92. The number of hydrogen-bond acceptors (Lipinski definition) is 6. The van der Waals surface area contributed by atoms with E-state index in [4.69, 9.17) is 11.1 Å². The number of nitrogens with one attached hydrogen (secondary N) is 2. The third-order valence-corrected chi connectivity index (χ3v) is 7.89. The third kappa shape index (κ3) is 4.40. The molecule has 0 fully saturated rings. The van der Waals surface area contributed by atoms with Gasteiger partial charge in [-0.15, -0.1) is 22.7 Å². The van der Waals surface area contributed by atoms with Gasteiger partial charge in [-0.3, -0.25) is 10.1 Å². The first-order chi connectivity index (χ1) is 15.1. The monoisotopic (exact) mass is 490 g/mol. The van der Waals surface area contributed by atoms with Crippen LogP contribution in [0.25, 0.3) is 21.8 Å². The molecule has 11 heteroatoms. The average molecular weight is 491 g/mol. The van der Waals surface area contributed by atoms with Crippen LogP contribution in [0, 0.1) is 24.0 Å². The fourth-order valence-corrected chi connectivity index (χ4v) is 5.96. The topological polar surface area (TPSA) is 109 Å². The van der Waals surface area contributed by atoms with Crippen molar-refractivity contribution in [3.05, 3.63) is 75.3 Å². The summed E-state index contributed by atoms with van der Waals surface area (Å²) in [6.07, 6.45) is 0. The lowest BCUT2D eigenvalue weighted by molar-refractivity contribution is 0.551. The highest BCUT2D eigenvalue weighted by Gasteiger charge is 2.20. The third-order valence-electron chi connectivity index (χ3n) is 4.51. The van der Waals surface area contributed by atoms with Crippen LogP contribution < -0.4 is 10.5 Å². The Morgan fingerprint density at radius 1 is 1.16 bits per heavy atom. The van der Waals surface area contributed by atoms with Gasteiger partial charge in [0.25, 0.3) is 10.0 Å². The van der Waals surface area contributed by atoms with Crippen molar-refractivity contribution in [1.29, 1.82) is 5.41 Å². The number of rotatable bonds is 6. The van der Waals surface area contributed by atoms with Crippen LogP contribution in [-0.2, 0) is 10.0 Å². The average Bonchev–Trinajstić information content (AvgIpc) is 3.34. The van der Waals surface area contributed by atoms with Crippen LogP contribution in [0.4, 0.5) is 14.5 Å². The molecule has 0 saturated carbocycles. The second kappa shape index (κ2) is 8.41. The number of aryl methyl sites for hydroxylation is 1. The van der Waals surface area contributed by atoms with Gasteiger partial charge < -0.3 is 5.73 Å². The summed E-state index contributed by atoms with van der Waals surface area (Å²) in [7, 11) is -4.25. The van der Waals surface area contributed by atoms with Gasteiger partial charge in [0, 0.05) is 33.1 Å². The number of nitrogen functional groups attached to an aromatic ring is 1. The predicted molar refractivity (Wildman–Crippen MR) is 124 cm³/mol. The molecule has 2 aromatic heterocycles.